The molecule has 0 saturated carbocycles. The van der Waals surface area contributed by atoms with Crippen molar-refractivity contribution in [2.45, 2.75) is 13.3 Å². The number of hydrogen-bond acceptors (Lipinski definition) is 4. The first kappa shape index (κ1) is 14.0. The Bertz CT molecular complexity index is 426. The summed E-state index contributed by atoms with van der Waals surface area (Å²) in [5, 5.41) is 11.1. The number of carbonyl (C=O) groups excluding carboxylic acids is 1. The molecule has 5 heteroatoms. The van der Waals surface area contributed by atoms with Gasteiger partial charge in [0.1, 0.15) is 11.8 Å². The van der Waals surface area contributed by atoms with Gasteiger partial charge < -0.3 is 14.8 Å². The summed E-state index contributed by atoms with van der Waals surface area (Å²) in [5.74, 6) is 0.444. The number of nitriles is 1. The van der Waals surface area contributed by atoms with Crippen LogP contribution < -0.4 is 10.1 Å². The summed E-state index contributed by atoms with van der Waals surface area (Å²) >= 11 is 0. The van der Waals surface area contributed by atoms with Gasteiger partial charge in [0.05, 0.1) is 13.0 Å². The van der Waals surface area contributed by atoms with Crippen LogP contribution in [0.3, 0.4) is 0 Å². The number of benzene rings is 1. The summed E-state index contributed by atoms with van der Waals surface area (Å²) in [6, 6.07) is 8.81. The predicted octanol–water partition coefficient (Wildman–Crippen LogP) is 1.95. The molecule has 0 atom stereocenters. The fourth-order valence-electron chi connectivity index (χ4n) is 1.31. The van der Waals surface area contributed by atoms with Crippen LogP contribution in [0.5, 0.6) is 5.75 Å². The number of hydrogen-bond donors (Lipinski definition) is 1. The van der Waals surface area contributed by atoms with Gasteiger partial charge in [0.15, 0.2) is 6.61 Å². The average Bonchev–Trinajstić information content (AvgIpc) is 2.37. The second-order valence-corrected chi connectivity index (χ2v) is 3.47. The number of nitrogens with one attached hydrogen (secondary N) is 1. The predicted molar refractivity (Wildman–Crippen MR) is 67.3 cm³/mol. The summed E-state index contributed by atoms with van der Waals surface area (Å²) in [6.07, 6.45) is 0.317. The molecule has 0 bridgehead atoms. The van der Waals surface area contributed by atoms with Crippen LogP contribution in [0.15, 0.2) is 24.3 Å². The number of rotatable bonds is 7. The molecule has 1 N–H and O–H groups in total. The third-order valence-electron chi connectivity index (χ3n) is 2.10. The lowest BCUT2D eigenvalue weighted by atomic mass is 10.3. The Morgan fingerprint density at radius 2 is 2.33 bits per heavy atom. The van der Waals surface area contributed by atoms with E-state index in [9.17, 15) is 4.79 Å². The van der Waals surface area contributed by atoms with E-state index in [-0.39, 0.29) is 12.5 Å². The lowest BCUT2D eigenvalue weighted by Crippen LogP contribution is -2.14. The highest BCUT2D eigenvalue weighted by atomic mass is 16.5. The quantitative estimate of drug-likeness (QED) is 0.749. The van der Waals surface area contributed by atoms with E-state index in [1.807, 2.05) is 13.0 Å². The zero-order chi connectivity index (χ0) is 13.2. The van der Waals surface area contributed by atoms with Crippen molar-refractivity contribution in [2.24, 2.45) is 0 Å². The van der Waals surface area contributed by atoms with E-state index in [1.54, 1.807) is 24.3 Å². The monoisotopic (exact) mass is 248 g/mol. The summed E-state index contributed by atoms with van der Waals surface area (Å²) in [4.78, 5) is 11.5. The minimum Gasteiger partial charge on any atom is -0.479 e. The Morgan fingerprint density at radius 3 is 3.06 bits per heavy atom. The van der Waals surface area contributed by atoms with Gasteiger partial charge in [-0.05, 0) is 19.1 Å². The van der Waals surface area contributed by atoms with Gasteiger partial charge in [-0.1, -0.05) is 6.07 Å². The van der Waals surface area contributed by atoms with Crippen molar-refractivity contribution in [1.29, 1.82) is 5.26 Å². The standard InChI is InChI=1S/C13H16N2O3/c1-2-17-8-6-13(16)15-11-4-3-5-12(10-11)18-9-7-14/h3-5,10H,2,6,8-9H2,1H3,(H,15,16). The number of anilines is 1. The molecule has 0 spiro atoms. The van der Waals surface area contributed by atoms with Crippen LogP contribution >= 0.6 is 0 Å². The minimum atomic E-state index is -0.110. The fourth-order valence-corrected chi connectivity index (χ4v) is 1.31. The van der Waals surface area contributed by atoms with Crippen molar-refractivity contribution in [3.05, 3.63) is 24.3 Å². The number of amides is 1. The first-order valence-corrected chi connectivity index (χ1v) is 5.73. The summed E-state index contributed by atoms with van der Waals surface area (Å²) < 4.78 is 10.2. The normalized spacial score (nSPS) is 9.56. The molecule has 0 aliphatic carbocycles. The maximum absolute atomic E-state index is 11.5. The molecular formula is C13H16N2O3. The third kappa shape index (κ3) is 5.32. The van der Waals surface area contributed by atoms with Gasteiger partial charge in [0.2, 0.25) is 5.91 Å². The van der Waals surface area contributed by atoms with Gasteiger partial charge in [-0.2, -0.15) is 5.26 Å². The Labute approximate surface area is 106 Å². The minimum absolute atomic E-state index is 0.0122. The topological polar surface area (TPSA) is 71.3 Å². The molecule has 0 radical (unpaired) electrons. The van der Waals surface area contributed by atoms with Gasteiger partial charge in [0.25, 0.3) is 0 Å². The largest absolute Gasteiger partial charge is 0.479 e. The van der Waals surface area contributed by atoms with Gasteiger partial charge in [-0.25, -0.2) is 0 Å². The van der Waals surface area contributed by atoms with E-state index in [1.165, 1.54) is 0 Å². The second-order valence-electron chi connectivity index (χ2n) is 3.47. The molecule has 1 aromatic rings. The lowest BCUT2D eigenvalue weighted by molar-refractivity contribution is -0.117. The molecule has 18 heavy (non-hydrogen) atoms. The van der Waals surface area contributed by atoms with Crippen LogP contribution in [0, 0.1) is 11.3 Å². The SMILES string of the molecule is CCOCCC(=O)Nc1cccc(OCC#N)c1. The third-order valence-corrected chi connectivity index (χ3v) is 2.10. The van der Waals surface area contributed by atoms with Crippen molar-refractivity contribution in [3.8, 4) is 11.8 Å². The molecular weight excluding hydrogens is 232 g/mol. The average molecular weight is 248 g/mol. The highest BCUT2D eigenvalue weighted by Crippen LogP contribution is 2.17. The van der Waals surface area contributed by atoms with Crippen molar-refractivity contribution >= 4 is 11.6 Å². The van der Waals surface area contributed by atoms with E-state index in [0.29, 0.717) is 31.1 Å². The van der Waals surface area contributed by atoms with Gasteiger partial charge in [-0.3, -0.25) is 4.79 Å². The molecule has 0 aliphatic heterocycles. The first-order chi connectivity index (χ1) is 8.76. The highest BCUT2D eigenvalue weighted by molar-refractivity contribution is 5.90. The maximum Gasteiger partial charge on any atom is 0.226 e. The number of nitrogens with zero attached hydrogens (tertiary/aromatic N) is 1. The lowest BCUT2D eigenvalue weighted by Gasteiger charge is -2.07. The molecule has 0 saturated heterocycles. The van der Waals surface area contributed by atoms with E-state index in [2.05, 4.69) is 5.32 Å². The molecule has 0 aliphatic rings. The Morgan fingerprint density at radius 1 is 1.50 bits per heavy atom. The van der Waals surface area contributed by atoms with Gasteiger partial charge >= 0.3 is 0 Å². The maximum atomic E-state index is 11.5. The van der Waals surface area contributed by atoms with E-state index < -0.39 is 0 Å². The van der Waals surface area contributed by atoms with Crippen molar-refractivity contribution in [3.63, 3.8) is 0 Å². The number of carbonyl (C=O) groups is 1. The molecule has 1 aromatic carbocycles. The number of ether oxygens (including phenoxy) is 2. The first-order valence-electron chi connectivity index (χ1n) is 5.73. The fraction of sp³-hybridized carbons (Fsp3) is 0.385. The summed E-state index contributed by atoms with van der Waals surface area (Å²) in [7, 11) is 0. The van der Waals surface area contributed by atoms with Crippen molar-refractivity contribution in [2.75, 3.05) is 25.1 Å². The Kier molecular flexibility index (Phi) is 6.30. The van der Waals surface area contributed by atoms with Crippen LogP contribution in [0.1, 0.15) is 13.3 Å². The van der Waals surface area contributed by atoms with Gasteiger partial charge in [-0.15, -0.1) is 0 Å². The van der Waals surface area contributed by atoms with Crippen LogP contribution in [0.2, 0.25) is 0 Å². The van der Waals surface area contributed by atoms with Crippen LogP contribution in [0.4, 0.5) is 5.69 Å². The molecule has 5 nitrogen and oxygen atoms in total. The Hall–Kier alpha value is -2.06. The van der Waals surface area contributed by atoms with Crippen molar-refractivity contribution < 1.29 is 14.3 Å². The second kappa shape index (κ2) is 8.09. The van der Waals surface area contributed by atoms with E-state index in [4.69, 9.17) is 14.7 Å². The molecule has 0 heterocycles. The van der Waals surface area contributed by atoms with Gasteiger partial charge in [0, 0.05) is 18.4 Å². The van der Waals surface area contributed by atoms with Crippen LogP contribution in [-0.2, 0) is 9.53 Å². The zero-order valence-electron chi connectivity index (χ0n) is 10.3. The smallest absolute Gasteiger partial charge is 0.226 e. The van der Waals surface area contributed by atoms with Crippen molar-refractivity contribution in [1.82, 2.24) is 0 Å². The Balaban J connectivity index is 2.46. The van der Waals surface area contributed by atoms with E-state index in [0.717, 1.165) is 0 Å². The summed E-state index contributed by atoms with van der Waals surface area (Å²) in [5.41, 5.74) is 0.645. The molecule has 1 rings (SSSR count). The molecule has 0 fully saturated rings. The highest BCUT2D eigenvalue weighted by Gasteiger charge is 2.03. The zero-order valence-corrected chi connectivity index (χ0v) is 10.3. The summed E-state index contributed by atoms with van der Waals surface area (Å²) in [6.45, 7) is 2.88. The molecule has 0 unspecified atom stereocenters. The molecule has 0 aromatic heterocycles. The van der Waals surface area contributed by atoms with E-state index >= 15 is 0 Å². The molecule has 1 amide bonds. The van der Waals surface area contributed by atoms with Crippen LogP contribution in [-0.4, -0.2) is 25.7 Å². The molecule has 96 valence electrons. The van der Waals surface area contributed by atoms with Crippen LogP contribution in [0.25, 0.3) is 0 Å².